The monoisotopic (exact) mass is 367 g/mol. The standard InChI is InChI=1S/C15H18BrN3OS/c1-3-7-17-10(2)12-5-4-11(9-13(12)16)21-15-18-8-6-14(20)19-15/h4-6,8-10,17H,3,7H2,1-2H3,(H,18,19,20). The smallest absolute Gasteiger partial charge is 0.251 e. The fraction of sp³-hybridized carbons (Fsp3) is 0.333. The van der Waals surface area contributed by atoms with Crippen molar-refractivity contribution in [2.24, 2.45) is 0 Å². The molecule has 1 atom stereocenters. The van der Waals surface area contributed by atoms with Crippen molar-refractivity contribution < 1.29 is 0 Å². The first-order chi connectivity index (χ1) is 10.1. The van der Waals surface area contributed by atoms with Crippen LogP contribution < -0.4 is 10.9 Å². The fourth-order valence-electron chi connectivity index (χ4n) is 1.91. The van der Waals surface area contributed by atoms with Gasteiger partial charge in [0, 0.05) is 27.7 Å². The van der Waals surface area contributed by atoms with Crippen LogP contribution in [0.1, 0.15) is 31.9 Å². The number of rotatable bonds is 6. The molecule has 0 amide bonds. The summed E-state index contributed by atoms with van der Waals surface area (Å²) in [6.45, 7) is 5.31. The molecule has 112 valence electrons. The number of benzene rings is 1. The number of H-pyrrole nitrogens is 1. The number of nitrogens with one attached hydrogen (secondary N) is 2. The molecular formula is C15H18BrN3OS. The van der Waals surface area contributed by atoms with Gasteiger partial charge < -0.3 is 10.3 Å². The number of aromatic amines is 1. The summed E-state index contributed by atoms with van der Waals surface area (Å²) < 4.78 is 1.06. The normalized spacial score (nSPS) is 12.3. The molecule has 1 aromatic carbocycles. The van der Waals surface area contributed by atoms with Crippen molar-refractivity contribution in [2.75, 3.05) is 6.54 Å². The third kappa shape index (κ3) is 4.69. The molecule has 2 aromatic rings. The van der Waals surface area contributed by atoms with Crippen LogP contribution in [0.4, 0.5) is 0 Å². The summed E-state index contributed by atoms with van der Waals surface area (Å²) in [6.07, 6.45) is 2.63. The Bertz CT molecular complexity index is 659. The summed E-state index contributed by atoms with van der Waals surface area (Å²) in [6, 6.07) is 7.90. The third-order valence-corrected chi connectivity index (χ3v) is 4.58. The van der Waals surface area contributed by atoms with Gasteiger partial charge in [-0.15, -0.1) is 0 Å². The molecule has 1 unspecified atom stereocenters. The Hall–Kier alpha value is -1.11. The van der Waals surface area contributed by atoms with Gasteiger partial charge in [-0.25, -0.2) is 4.98 Å². The van der Waals surface area contributed by atoms with Gasteiger partial charge in [0.25, 0.3) is 5.56 Å². The Kier molecular flexibility index (Phi) is 6.02. The van der Waals surface area contributed by atoms with Crippen LogP contribution in [0.15, 0.2) is 49.8 Å². The average molecular weight is 368 g/mol. The predicted octanol–water partition coefficient (Wildman–Crippen LogP) is 3.74. The highest BCUT2D eigenvalue weighted by Crippen LogP contribution is 2.31. The highest BCUT2D eigenvalue weighted by Gasteiger charge is 2.10. The molecule has 1 heterocycles. The average Bonchev–Trinajstić information content (AvgIpc) is 2.45. The van der Waals surface area contributed by atoms with Crippen LogP contribution in [-0.4, -0.2) is 16.5 Å². The van der Waals surface area contributed by atoms with Crippen molar-refractivity contribution in [3.63, 3.8) is 0 Å². The van der Waals surface area contributed by atoms with E-state index in [4.69, 9.17) is 0 Å². The van der Waals surface area contributed by atoms with E-state index in [0.29, 0.717) is 11.2 Å². The molecular weight excluding hydrogens is 350 g/mol. The molecule has 6 heteroatoms. The molecule has 0 saturated carbocycles. The van der Waals surface area contributed by atoms with Crippen LogP contribution in [0.3, 0.4) is 0 Å². The first-order valence-corrected chi connectivity index (χ1v) is 8.47. The molecule has 0 radical (unpaired) electrons. The molecule has 0 saturated heterocycles. The Labute approximate surface area is 136 Å². The Morgan fingerprint density at radius 1 is 1.43 bits per heavy atom. The zero-order chi connectivity index (χ0) is 15.2. The molecule has 2 rings (SSSR count). The zero-order valence-corrected chi connectivity index (χ0v) is 14.4. The van der Waals surface area contributed by atoms with Gasteiger partial charge in [-0.2, -0.15) is 0 Å². The van der Waals surface area contributed by atoms with Crippen LogP contribution >= 0.6 is 27.7 Å². The van der Waals surface area contributed by atoms with Crippen LogP contribution in [0.2, 0.25) is 0 Å². The van der Waals surface area contributed by atoms with Gasteiger partial charge in [-0.1, -0.05) is 40.7 Å². The largest absolute Gasteiger partial charge is 0.310 e. The summed E-state index contributed by atoms with van der Waals surface area (Å²) >= 11 is 5.06. The van der Waals surface area contributed by atoms with Gasteiger partial charge in [-0.05, 0) is 37.6 Å². The van der Waals surface area contributed by atoms with E-state index in [1.54, 1.807) is 0 Å². The molecule has 0 aliphatic heterocycles. The van der Waals surface area contributed by atoms with Crippen LogP contribution in [-0.2, 0) is 0 Å². The first kappa shape index (κ1) is 16.3. The maximum absolute atomic E-state index is 11.3. The zero-order valence-electron chi connectivity index (χ0n) is 12.0. The van der Waals surface area contributed by atoms with Crippen LogP contribution in [0.25, 0.3) is 0 Å². The van der Waals surface area contributed by atoms with Gasteiger partial charge in [0.2, 0.25) is 0 Å². The van der Waals surface area contributed by atoms with E-state index >= 15 is 0 Å². The third-order valence-electron chi connectivity index (χ3n) is 3.00. The van der Waals surface area contributed by atoms with E-state index in [1.807, 2.05) is 6.07 Å². The molecule has 0 aliphatic carbocycles. The summed E-state index contributed by atoms with van der Waals surface area (Å²) in [5.74, 6) is 0. The lowest BCUT2D eigenvalue weighted by molar-refractivity contribution is 0.568. The number of nitrogens with zero attached hydrogens (tertiary/aromatic N) is 1. The van der Waals surface area contributed by atoms with Crippen molar-refractivity contribution in [3.8, 4) is 0 Å². The van der Waals surface area contributed by atoms with E-state index in [9.17, 15) is 4.79 Å². The molecule has 0 spiro atoms. The minimum Gasteiger partial charge on any atom is -0.310 e. The summed E-state index contributed by atoms with van der Waals surface area (Å²) in [7, 11) is 0. The topological polar surface area (TPSA) is 57.8 Å². The minimum absolute atomic E-state index is 0.138. The summed E-state index contributed by atoms with van der Waals surface area (Å²) in [5.41, 5.74) is 1.09. The highest BCUT2D eigenvalue weighted by atomic mass is 79.9. The van der Waals surface area contributed by atoms with Crippen molar-refractivity contribution in [1.82, 2.24) is 15.3 Å². The van der Waals surface area contributed by atoms with Gasteiger partial charge >= 0.3 is 0 Å². The first-order valence-electron chi connectivity index (χ1n) is 6.86. The fourth-order valence-corrected chi connectivity index (χ4v) is 3.58. The van der Waals surface area contributed by atoms with E-state index in [-0.39, 0.29) is 5.56 Å². The van der Waals surface area contributed by atoms with Crippen LogP contribution in [0, 0.1) is 0 Å². The van der Waals surface area contributed by atoms with Crippen molar-refractivity contribution >= 4 is 27.7 Å². The maximum atomic E-state index is 11.3. The number of hydrogen-bond acceptors (Lipinski definition) is 4. The lowest BCUT2D eigenvalue weighted by Crippen LogP contribution is -2.19. The predicted molar refractivity (Wildman–Crippen MR) is 89.8 cm³/mol. The SMILES string of the molecule is CCCNC(C)c1ccc(Sc2nccc(=O)[nH]2)cc1Br. The summed E-state index contributed by atoms with van der Waals surface area (Å²) in [4.78, 5) is 19.1. The Morgan fingerprint density at radius 3 is 2.90 bits per heavy atom. The molecule has 21 heavy (non-hydrogen) atoms. The van der Waals surface area contributed by atoms with E-state index < -0.39 is 0 Å². The summed E-state index contributed by atoms with van der Waals surface area (Å²) in [5, 5.41) is 4.07. The van der Waals surface area contributed by atoms with E-state index in [0.717, 1.165) is 22.3 Å². The molecule has 0 aliphatic rings. The Balaban J connectivity index is 2.13. The number of aromatic nitrogens is 2. The van der Waals surface area contributed by atoms with Crippen molar-refractivity contribution in [3.05, 3.63) is 50.9 Å². The van der Waals surface area contributed by atoms with Gasteiger partial charge in [0.05, 0.1) is 0 Å². The second kappa shape index (κ2) is 7.77. The molecule has 2 N–H and O–H groups in total. The van der Waals surface area contributed by atoms with Crippen molar-refractivity contribution in [1.29, 1.82) is 0 Å². The van der Waals surface area contributed by atoms with E-state index in [1.165, 1.54) is 29.6 Å². The molecule has 4 nitrogen and oxygen atoms in total. The van der Waals surface area contributed by atoms with E-state index in [2.05, 4.69) is 57.2 Å². The van der Waals surface area contributed by atoms with Crippen molar-refractivity contribution in [2.45, 2.75) is 36.4 Å². The molecule has 0 bridgehead atoms. The lowest BCUT2D eigenvalue weighted by Gasteiger charge is -2.16. The number of halogens is 1. The Morgan fingerprint density at radius 2 is 2.24 bits per heavy atom. The molecule has 1 aromatic heterocycles. The lowest BCUT2D eigenvalue weighted by atomic mass is 10.1. The second-order valence-electron chi connectivity index (χ2n) is 4.70. The minimum atomic E-state index is -0.138. The van der Waals surface area contributed by atoms with Gasteiger partial charge in [0.15, 0.2) is 5.16 Å². The van der Waals surface area contributed by atoms with Gasteiger partial charge in [0.1, 0.15) is 0 Å². The maximum Gasteiger partial charge on any atom is 0.251 e. The molecule has 0 fully saturated rings. The highest BCUT2D eigenvalue weighted by molar-refractivity contribution is 9.10. The quantitative estimate of drug-likeness (QED) is 0.763. The second-order valence-corrected chi connectivity index (χ2v) is 6.62. The van der Waals surface area contributed by atoms with Crippen LogP contribution in [0.5, 0.6) is 0 Å². The number of hydrogen-bond donors (Lipinski definition) is 2. The van der Waals surface area contributed by atoms with Gasteiger partial charge in [-0.3, -0.25) is 4.79 Å².